The maximum atomic E-state index is 5.94. The van der Waals surface area contributed by atoms with Gasteiger partial charge >= 0.3 is 0 Å². The molecular weight excluding hydrogens is 174 g/mol. The molecule has 1 aliphatic rings. The molecule has 0 aromatic heterocycles. The Morgan fingerprint density at radius 3 is 2.57 bits per heavy atom. The molecule has 3 atom stereocenters. The van der Waals surface area contributed by atoms with E-state index in [9.17, 15) is 0 Å². The van der Waals surface area contributed by atoms with E-state index in [0.29, 0.717) is 23.5 Å². The van der Waals surface area contributed by atoms with E-state index in [1.807, 2.05) is 0 Å². The molecule has 2 nitrogen and oxygen atoms in total. The van der Waals surface area contributed by atoms with Crippen molar-refractivity contribution < 1.29 is 4.74 Å². The van der Waals surface area contributed by atoms with Gasteiger partial charge in [-0.2, -0.15) is 0 Å². The Hall–Kier alpha value is -0.0800. The average molecular weight is 199 g/mol. The molecule has 0 aromatic carbocycles. The van der Waals surface area contributed by atoms with Gasteiger partial charge < -0.3 is 10.1 Å². The van der Waals surface area contributed by atoms with E-state index in [2.05, 4.69) is 40.1 Å². The van der Waals surface area contributed by atoms with Crippen molar-refractivity contribution in [1.29, 1.82) is 0 Å². The molecule has 14 heavy (non-hydrogen) atoms. The van der Waals surface area contributed by atoms with Crippen molar-refractivity contribution in [2.75, 3.05) is 13.7 Å². The molecule has 84 valence electrons. The summed E-state index contributed by atoms with van der Waals surface area (Å²) in [6.07, 6.45) is 2.84. The van der Waals surface area contributed by atoms with E-state index in [0.717, 1.165) is 6.61 Å². The molecule has 3 unspecified atom stereocenters. The molecule has 1 aliphatic carbocycles. The Balaban J connectivity index is 2.41. The Bertz CT molecular complexity index is 181. The predicted octanol–water partition coefficient (Wildman–Crippen LogP) is 2.44. The topological polar surface area (TPSA) is 21.3 Å². The highest BCUT2D eigenvalue weighted by Gasteiger charge is 2.50. The van der Waals surface area contributed by atoms with E-state index in [4.69, 9.17) is 4.74 Å². The van der Waals surface area contributed by atoms with Gasteiger partial charge in [0.15, 0.2) is 0 Å². The van der Waals surface area contributed by atoms with Crippen LogP contribution in [-0.4, -0.2) is 25.8 Å². The monoisotopic (exact) mass is 199 g/mol. The lowest BCUT2D eigenvalue weighted by Gasteiger charge is -2.53. The Kier molecular flexibility index (Phi) is 3.96. The molecule has 0 aliphatic heterocycles. The largest absolute Gasteiger partial charge is 0.377 e. The third kappa shape index (κ3) is 2.12. The Labute approximate surface area is 88.4 Å². The van der Waals surface area contributed by atoms with Crippen molar-refractivity contribution in [3.63, 3.8) is 0 Å². The van der Waals surface area contributed by atoms with Crippen LogP contribution >= 0.6 is 0 Å². The van der Waals surface area contributed by atoms with Crippen LogP contribution in [0.1, 0.15) is 40.5 Å². The van der Waals surface area contributed by atoms with Crippen molar-refractivity contribution in [2.45, 2.75) is 52.7 Å². The molecule has 1 fully saturated rings. The zero-order valence-corrected chi connectivity index (χ0v) is 10.3. The first-order chi connectivity index (χ1) is 6.54. The minimum absolute atomic E-state index is 0.351. The standard InChI is InChI=1S/C12H25NO/c1-6-12(4)10(13-5)7-11(12)14-8-9(2)3/h9-11,13H,6-8H2,1-5H3. The molecule has 0 aromatic rings. The summed E-state index contributed by atoms with van der Waals surface area (Å²) in [4.78, 5) is 0. The van der Waals surface area contributed by atoms with Gasteiger partial charge in [-0.15, -0.1) is 0 Å². The molecule has 0 bridgehead atoms. The van der Waals surface area contributed by atoms with Crippen molar-refractivity contribution >= 4 is 0 Å². The van der Waals surface area contributed by atoms with Gasteiger partial charge in [0, 0.05) is 18.1 Å². The van der Waals surface area contributed by atoms with E-state index in [-0.39, 0.29) is 0 Å². The van der Waals surface area contributed by atoms with Crippen molar-refractivity contribution in [2.24, 2.45) is 11.3 Å². The summed E-state index contributed by atoms with van der Waals surface area (Å²) in [5, 5.41) is 3.38. The highest BCUT2D eigenvalue weighted by Crippen LogP contribution is 2.45. The summed E-state index contributed by atoms with van der Waals surface area (Å²) in [7, 11) is 2.05. The van der Waals surface area contributed by atoms with Gasteiger partial charge in [-0.3, -0.25) is 0 Å². The SMILES string of the molecule is CCC1(C)C(NC)CC1OCC(C)C. The third-order valence-electron chi connectivity index (χ3n) is 3.72. The molecule has 1 saturated carbocycles. The van der Waals surface area contributed by atoms with Crippen LogP contribution < -0.4 is 5.32 Å². The summed E-state index contributed by atoms with van der Waals surface area (Å²) in [6.45, 7) is 9.91. The number of rotatable bonds is 5. The van der Waals surface area contributed by atoms with Gasteiger partial charge in [-0.1, -0.05) is 27.7 Å². The summed E-state index contributed by atoms with van der Waals surface area (Å²) >= 11 is 0. The second kappa shape index (κ2) is 4.63. The van der Waals surface area contributed by atoms with E-state index >= 15 is 0 Å². The van der Waals surface area contributed by atoms with Gasteiger partial charge in [0.25, 0.3) is 0 Å². The van der Waals surface area contributed by atoms with Crippen molar-refractivity contribution in [1.82, 2.24) is 5.32 Å². The van der Waals surface area contributed by atoms with Crippen molar-refractivity contribution in [3.05, 3.63) is 0 Å². The molecule has 0 saturated heterocycles. The Morgan fingerprint density at radius 1 is 1.50 bits per heavy atom. The minimum atomic E-state index is 0.351. The first-order valence-corrected chi connectivity index (χ1v) is 5.83. The van der Waals surface area contributed by atoms with Gasteiger partial charge in [0.05, 0.1) is 6.10 Å². The fourth-order valence-corrected chi connectivity index (χ4v) is 2.31. The molecule has 1 N–H and O–H groups in total. The van der Waals surface area contributed by atoms with Gasteiger partial charge in [0.1, 0.15) is 0 Å². The Morgan fingerprint density at radius 2 is 2.14 bits per heavy atom. The zero-order chi connectivity index (χ0) is 10.8. The van der Waals surface area contributed by atoms with E-state index in [1.165, 1.54) is 12.8 Å². The first kappa shape index (κ1) is 12.0. The zero-order valence-electron chi connectivity index (χ0n) is 10.3. The minimum Gasteiger partial charge on any atom is -0.377 e. The number of ether oxygens (including phenoxy) is 1. The number of hydrogen-bond acceptors (Lipinski definition) is 2. The molecule has 1 rings (SSSR count). The lowest BCUT2D eigenvalue weighted by atomic mass is 9.61. The fraction of sp³-hybridized carbons (Fsp3) is 1.00. The van der Waals surface area contributed by atoms with Crippen LogP contribution in [0.2, 0.25) is 0 Å². The van der Waals surface area contributed by atoms with Crippen LogP contribution in [0.3, 0.4) is 0 Å². The van der Waals surface area contributed by atoms with Gasteiger partial charge in [-0.25, -0.2) is 0 Å². The maximum absolute atomic E-state index is 5.94. The highest BCUT2D eigenvalue weighted by atomic mass is 16.5. The second-order valence-electron chi connectivity index (χ2n) is 5.15. The lowest BCUT2D eigenvalue weighted by molar-refractivity contribution is -0.132. The average Bonchev–Trinajstić information content (AvgIpc) is 2.14. The number of hydrogen-bond donors (Lipinski definition) is 1. The molecular formula is C12H25NO. The molecule has 0 amide bonds. The third-order valence-corrected chi connectivity index (χ3v) is 3.72. The molecule has 0 heterocycles. The van der Waals surface area contributed by atoms with E-state index in [1.54, 1.807) is 0 Å². The normalized spacial score (nSPS) is 37.3. The smallest absolute Gasteiger partial charge is 0.0658 e. The quantitative estimate of drug-likeness (QED) is 0.734. The van der Waals surface area contributed by atoms with Crippen LogP contribution in [0.25, 0.3) is 0 Å². The number of nitrogens with one attached hydrogen (secondary N) is 1. The molecule has 0 spiro atoms. The molecule has 2 heteroatoms. The van der Waals surface area contributed by atoms with Crippen molar-refractivity contribution in [3.8, 4) is 0 Å². The fourth-order valence-electron chi connectivity index (χ4n) is 2.31. The van der Waals surface area contributed by atoms with E-state index < -0.39 is 0 Å². The van der Waals surface area contributed by atoms with Crippen LogP contribution in [0.5, 0.6) is 0 Å². The summed E-state index contributed by atoms with van der Waals surface area (Å²) in [5.74, 6) is 0.643. The molecule has 0 radical (unpaired) electrons. The van der Waals surface area contributed by atoms with Gasteiger partial charge in [-0.05, 0) is 25.8 Å². The lowest BCUT2D eigenvalue weighted by Crippen LogP contribution is -2.61. The summed E-state index contributed by atoms with van der Waals surface area (Å²) in [5.41, 5.74) is 0.351. The first-order valence-electron chi connectivity index (χ1n) is 5.83. The van der Waals surface area contributed by atoms with Crippen LogP contribution in [-0.2, 0) is 4.74 Å². The second-order valence-corrected chi connectivity index (χ2v) is 5.15. The van der Waals surface area contributed by atoms with Crippen LogP contribution in [0.4, 0.5) is 0 Å². The summed E-state index contributed by atoms with van der Waals surface area (Å²) in [6, 6.07) is 0.643. The predicted molar refractivity (Wildman–Crippen MR) is 60.4 cm³/mol. The van der Waals surface area contributed by atoms with Crippen LogP contribution in [0, 0.1) is 11.3 Å². The van der Waals surface area contributed by atoms with Crippen LogP contribution in [0.15, 0.2) is 0 Å². The summed E-state index contributed by atoms with van der Waals surface area (Å²) < 4.78 is 5.94. The maximum Gasteiger partial charge on any atom is 0.0658 e. The highest BCUT2D eigenvalue weighted by molar-refractivity contribution is 5.04. The van der Waals surface area contributed by atoms with Gasteiger partial charge in [0.2, 0.25) is 0 Å².